The fourth-order valence-corrected chi connectivity index (χ4v) is 1.26. The monoisotopic (exact) mass is 185 g/mol. The van der Waals surface area contributed by atoms with Crippen LogP contribution in [-0.2, 0) is 4.79 Å². The summed E-state index contributed by atoms with van der Waals surface area (Å²) in [6.07, 6.45) is 0. The van der Waals surface area contributed by atoms with Crippen LogP contribution in [0.1, 0.15) is 6.92 Å². The van der Waals surface area contributed by atoms with Crippen LogP contribution in [0.4, 0.5) is 4.79 Å². The van der Waals surface area contributed by atoms with Gasteiger partial charge in [0.25, 0.3) is 0 Å². The highest BCUT2D eigenvalue weighted by atomic mass is 16.2. The van der Waals surface area contributed by atoms with Crippen molar-refractivity contribution in [2.75, 3.05) is 33.2 Å². The SMILES string of the molecule is CCNCCN1C(=O)CN(C)C1=O. The lowest BCUT2D eigenvalue weighted by Crippen LogP contribution is -2.37. The van der Waals surface area contributed by atoms with Crippen molar-refractivity contribution in [1.82, 2.24) is 15.1 Å². The van der Waals surface area contributed by atoms with Gasteiger partial charge in [0.15, 0.2) is 0 Å². The zero-order valence-corrected chi connectivity index (χ0v) is 8.04. The quantitative estimate of drug-likeness (QED) is 0.474. The van der Waals surface area contributed by atoms with E-state index in [2.05, 4.69) is 5.32 Å². The van der Waals surface area contributed by atoms with Gasteiger partial charge in [-0.3, -0.25) is 9.69 Å². The summed E-state index contributed by atoms with van der Waals surface area (Å²) >= 11 is 0. The molecule has 74 valence electrons. The van der Waals surface area contributed by atoms with Crippen molar-refractivity contribution in [3.63, 3.8) is 0 Å². The van der Waals surface area contributed by atoms with E-state index in [1.165, 1.54) is 9.80 Å². The molecule has 1 heterocycles. The average molecular weight is 185 g/mol. The Bertz CT molecular complexity index is 217. The summed E-state index contributed by atoms with van der Waals surface area (Å²) in [4.78, 5) is 25.2. The highest BCUT2D eigenvalue weighted by Gasteiger charge is 2.32. The molecule has 0 bridgehead atoms. The lowest BCUT2D eigenvalue weighted by atomic mass is 10.5. The van der Waals surface area contributed by atoms with Crippen LogP contribution in [0.2, 0.25) is 0 Å². The molecule has 13 heavy (non-hydrogen) atoms. The van der Waals surface area contributed by atoms with Gasteiger partial charge >= 0.3 is 6.03 Å². The van der Waals surface area contributed by atoms with Crippen LogP contribution >= 0.6 is 0 Å². The third kappa shape index (κ3) is 2.18. The Kier molecular flexibility index (Phi) is 3.25. The molecule has 0 aliphatic carbocycles. The van der Waals surface area contributed by atoms with Crippen LogP contribution < -0.4 is 5.32 Å². The number of amides is 3. The fraction of sp³-hybridized carbons (Fsp3) is 0.750. The molecular weight excluding hydrogens is 170 g/mol. The van der Waals surface area contributed by atoms with Gasteiger partial charge in [-0.2, -0.15) is 0 Å². The molecule has 0 unspecified atom stereocenters. The number of hydrogen-bond acceptors (Lipinski definition) is 3. The van der Waals surface area contributed by atoms with E-state index in [0.29, 0.717) is 13.1 Å². The smallest absolute Gasteiger partial charge is 0.318 e. The van der Waals surface area contributed by atoms with Crippen molar-refractivity contribution in [2.24, 2.45) is 0 Å². The Morgan fingerprint density at radius 3 is 2.62 bits per heavy atom. The summed E-state index contributed by atoms with van der Waals surface area (Å²) in [6, 6.07) is -0.192. The Labute approximate surface area is 77.7 Å². The third-order valence-electron chi connectivity index (χ3n) is 1.99. The van der Waals surface area contributed by atoms with Crippen molar-refractivity contribution >= 4 is 11.9 Å². The van der Waals surface area contributed by atoms with Gasteiger partial charge in [-0.25, -0.2) is 4.79 Å². The van der Waals surface area contributed by atoms with E-state index >= 15 is 0 Å². The second kappa shape index (κ2) is 4.23. The molecule has 1 fully saturated rings. The van der Waals surface area contributed by atoms with Gasteiger partial charge in [-0.15, -0.1) is 0 Å². The van der Waals surface area contributed by atoms with Gasteiger partial charge in [0.2, 0.25) is 5.91 Å². The summed E-state index contributed by atoms with van der Waals surface area (Å²) in [6.45, 7) is 4.19. The third-order valence-corrected chi connectivity index (χ3v) is 1.99. The first-order chi connectivity index (χ1) is 6.16. The molecule has 5 heteroatoms. The van der Waals surface area contributed by atoms with E-state index in [0.717, 1.165) is 6.54 Å². The normalized spacial score (nSPS) is 17.4. The molecule has 1 saturated heterocycles. The summed E-state index contributed by atoms with van der Waals surface area (Å²) in [5.41, 5.74) is 0. The molecule has 0 aromatic carbocycles. The number of nitrogens with zero attached hydrogens (tertiary/aromatic N) is 2. The summed E-state index contributed by atoms with van der Waals surface area (Å²) < 4.78 is 0. The van der Waals surface area contributed by atoms with E-state index in [-0.39, 0.29) is 18.5 Å². The number of urea groups is 1. The number of rotatable bonds is 4. The lowest BCUT2D eigenvalue weighted by molar-refractivity contribution is -0.125. The first-order valence-corrected chi connectivity index (χ1v) is 4.43. The molecule has 0 spiro atoms. The second-order valence-corrected chi connectivity index (χ2v) is 3.04. The zero-order valence-electron chi connectivity index (χ0n) is 8.04. The maximum atomic E-state index is 11.3. The van der Waals surface area contributed by atoms with Gasteiger partial charge in [-0.05, 0) is 6.54 Å². The van der Waals surface area contributed by atoms with E-state index in [1.54, 1.807) is 7.05 Å². The number of hydrogen-bond donors (Lipinski definition) is 1. The Hall–Kier alpha value is -1.10. The lowest BCUT2D eigenvalue weighted by Gasteiger charge is -2.13. The molecule has 0 atom stereocenters. The molecule has 1 rings (SSSR count). The number of likely N-dealkylation sites (N-methyl/N-ethyl adjacent to an activating group) is 2. The van der Waals surface area contributed by atoms with E-state index in [1.807, 2.05) is 6.92 Å². The predicted octanol–water partition coefficient (Wildman–Crippen LogP) is -0.510. The van der Waals surface area contributed by atoms with E-state index in [4.69, 9.17) is 0 Å². The maximum absolute atomic E-state index is 11.3. The first-order valence-electron chi connectivity index (χ1n) is 4.43. The minimum Gasteiger partial charge on any atom is -0.318 e. The molecule has 3 amide bonds. The highest BCUT2D eigenvalue weighted by Crippen LogP contribution is 2.06. The van der Waals surface area contributed by atoms with Crippen LogP contribution in [-0.4, -0.2) is 55.0 Å². The molecular formula is C8H15N3O2. The van der Waals surface area contributed by atoms with E-state index < -0.39 is 0 Å². The van der Waals surface area contributed by atoms with Gasteiger partial charge in [-0.1, -0.05) is 6.92 Å². The number of nitrogens with one attached hydrogen (secondary N) is 1. The number of imide groups is 1. The van der Waals surface area contributed by atoms with Crippen LogP contribution in [0.15, 0.2) is 0 Å². The maximum Gasteiger partial charge on any atom is 0.327 e. The molecule has 1 N–H and O–H groups in total. The highest BCUT2D eigenvalue weighted by molar-refractivity contribution is 6.01. The molecule has 1 aliphatic heterocycles. The first kappa shape index (κ1) is 9.98. The van der Waals surface area contributed by atoms with Crippen molar-refractivity contribution in [1.29, 1.82) is 0 Å². The van der Waals surface area contributed by atoms with Crippen LogP contribution in [0.3, 0.4) is 0 Å². The van der Waals surface area contributed by atoms with Crippen LogP contribution in [0.25, 0.3) is 0 Å². The van der Waals surface area contributed by atoms with Gasteiger partial charge in [0.05, 0.1) is 0 Å². The van der Waals surface area contributed by atoms with Crippen LogP contribution in [0, 0.1) is 0 Å². The van der Waals surface area contributed by atoms with Gasteiger partial charge < -0.3 is 10.2 Å². The second-order valence-electron chi connectivity index (χ2n) is 3.04. The minimum atomic E-state index is -0.192. The van der Waals surface area contributed by atoms with Crippen molar-refractivity contribution in [3.05, 3.63) is 0 Å². The van der Waals surface area contributed by atoms with Crippen molar-refractivity contribution in [2.45, 2.75) is 6.92 Å². The molecule has 0 aromatic rings. The Balaban J connectivity index is 2.40. The van der Waals surface area contributed by atoms with Gasteiger partial charge in [0, 0.05) is 20.1 Å². The van der Waals surface area contributed by atoms with Gasteiger partial charge in [0.1, 0.15) is 6.54 Å². The van der Waals surface area contributed by atoms with Crippen molar-refractivity contribution in [3.8, 4) is 0 Å². The molecule has 0 radical (unpaired) electrons. The standard InChI is InChI=1S/C8H15N3O2/c1-3-9-4-5-11-7(12)6-10(2)8(11)13/h9H,3-6H2,1-2H3. The van der Waals surface area contributed by atoms with Crippen LogP contribution in [0.5, 0.6) is 0 Å². The number of carbonyl (C=O) groups is 2. The molecule has 0 aromatic heterocycles. The predicted molar refractivity (Wildman–Crippen MR) is 48.3 cm³/mol. The number of carbonyl (C=O) groups excluding carboxylic acids is 2. The minimum absolute atomic E-state index is 0.106. The summed E-state index contributed by atoms with van der Waals surface area (Å²) in [5, 5.41) is 3.07. The molecule has 1 aliphatic rings. The summed E-state index contributed by atoms with van der Waals surface area (Å²) in [7, 11) is 1.63. The summed E-state index contributed by atoms with van der Waals surface area (Å²) in [5.74, 6) is -0.106. The van der Waals surface area contributed by atoms with E-state index in [9.17, 15) is 9.59 Å². The average Bonchev–Trinajstić information content (AvgIpc) is 2.32. The molecule has 0 saturated carbocycles. The largest absolute Gasteiger partial charge is 0.327 e. The molecule has 5 nitrogen and oxygen atoms in total. The topological polar surface area (TPSA) is 52.7 Å². The fourth-order valence-electron chi connectivity index (χ4n) is 1.26. The zero-order chi connectivity index (χ0) is 9.84. The Morgan fingerprint density at radius 2 is 2.15 bits per heavy atom. The van der Waals surface area contributed by atoms with Crippen molar-refractivity contribution < 1.29 is 9.59 Å². The Morgan fingerprint density at radius 1 is 1.46 bits per heavy atom.